The predicted octanol–water partition coefficient (Wildman–Crippen LogP) is 1.84. The van der Waals surface area contributed by atoms with E-state index in [4.69, 9.17) is 0 Å². The van der Waals surface area contributed by atoms with Gasteiger partial charge in [-0.1, -0.05) is 13.3 Å². The normalized spacial score (nSPS) is 22.0. The average molecular weight is 184 g/mol. The third kappa shape index (κ3) is 2.90. The molecule has 1 unspecified atom stereocenters. The van der Waals surface area contributed by atoms with Gasteiger partial charge in [-0.3, -0.25) is 0 Å². The van der Waals surface area contributed by atoms with Crippen LogP contribution in [0.25, 0.3) is 0 Å². The molecule has 1 aliphatic rings. The quantitative estimate of drug-likeness (QED) is 0.713. The summed E-state index contributed by atoms with van der Waals surface area (Å²) in [5, 5.41) is 2.84. The van der Waals surface area contributed by atoms with Crippen molar-refractivity contribution < 1.29 is 4.79 Å². The molecule has 0 aromatic carbocycles. The van der Waals surface area contributed by atoms with Crippen molar-refractivity contribution >= 4 is 6.03 Å². The fourth-order valence-electron chi connectivity index (χ4n) is 1.92. The molecule has 0 aromatic rings. The molecule has 0 spiro atoms. The molecule has 0 aromatic heterocycles. The molecule has 3 heteroatoms. The highest BCUT2D eigenvalue weighted by molar-refractivity contribution is 5.74. The molecular weight excluding hydrogens is 164 g/mol. The summed E-state index contributed by atoms with van der Waals surface area (Å²) in [6.45, 7) is 6.79. The average Bonchev–Trinajstić information content (AvgIpc) is 2.54. The second kappa shape index (κ2) is 5.10. The van der Waals surface area contributed by atoms with Gasteiger partial charge in [-0.25, -0.2) is 4.79 Å². The summed E-state index contributed by atoms with van der Waals surface area (Å²) in [7, 11) is 0. The summed E-state index contributed by atoms with van der Waals surface area (Å²) in [4.78, 5) is 13.3. The lowest BCUT2D eigenvalue weighted by atomic mass is 10.0. The van der Waals surface area contributed by atoms with Crippen LogP contribution < -0.4 is 5.32 Å². The summed E-state index contributed by atoms with van der Waals surface area (Å²) < 4.78 is 0. The van der Waals surface area contributed by atoms with Crippen LogP contribution in [0.2, 0.25) is 0 Å². The molecule has 1 atom stereocenters. The molecular formula is C10H20N2O. The molecule has 1 rings (SSSR count). The fraction of sp³-hybridized carbons (Fsp3) is 0.900. The highest BCUT2D eigenvalue weighted by Crippen LogP contribution is 2.20. The molecule has 1 heterocycles. The van der Waals surface area contributed by atoms with Gasteiger partial charge in [0.1, 0.15) is 0 Å². The van der Waals surface area contributed by atoms with Crippen molar-refractivity contribution in [3.63, 3.8) is 0 Å². The van der Waals surface area contributed by atoms with E-state index in [1.165, 1.54) is 19.3 Å². The number of amides is 2. The van der Waals surface area contributed by atoms with Crippen molar-refractivity contribution in [2.24, 2.45) is 5.92 Å². The lowest BCUT2D eigenvalue weighted by Gasteiger charge is -2.16. The number of carbonyl (C=O) groups is 1. The zero-order chi connectivity index (χ0) is 9.68. The molecule has 1 saturated heterocycles. The first kappa shape index (κ1) is 10.4. The van der Waals surface area contributed by atoms with Crippen LogP contribution in [0.3, 0.4) is 0 Å². The first-order valence-corrected chi connectivity index (χ1v) is 5.30. The summed E-state index contributed by atoms with van der Waals surface area (Å²) in [6.07, 6.45) is 3.68. The number of urea groups is 1. The smallest absolute Gasteiger partial charge is 0.317 e. The highest BCUT2D eigenvalue weighted by atomic mass is 16.2. The van der Waals surface area contributed by atoms with E-state index in [2.05, 4.69) is 12.2 Å². The Kier molecular flexibility index (Phi) is 4.06. The molecule has 0 aliphatic carbocycles. The van der Waals surface area contributed by atoms with Crippen LogP contribution in [0, 0.1) is 5.92 Å². The van der Waals surface area contributed by atoms with Crippen molar-refractivity contribution in [1.29, 1.82) is 0 Å². The molecule has 76 valence electrons. The maximum Gasteiger partial charge on any atom is 0.317 e. The van der Waals surface area contributed by atoms with Crippen LogP contribution in [0.5, 0.6) is 0 Å². The molecule has 3 nitrogen and oxygen atoms in total. The molecule has 0 saturated carbocycles. The maximum atomic E-state index is 11.4. The van der Waals surface area contributed by atoms with Gasteiger partial charge in [-0.05, 0) is 25.7 Å². The van der Waals surface area contributed by atoms with E-state index < -0.39 is 0 Å². The van der Waals surface area contributed by atoms with E-state index in [9.17, 15) is 4.79 Å². The molecule has 1 N–H and O–H groups in total. The second-order valence-corrected chi connectivity index (χ2v) is 3.72. The van der Waals surface area contributed by atoms with Crippen molar-refractivity contribution in [2.45, 2.75) is 33.1 Å². The predicted molar refractivity (Wildman–Crippen MR) is 53.7 cm³/mol. The molecule has 2 amide bonds. The number of nitrogens with zero attached hydrogens (tertiary/aromatic N) is 1. The zero-order valence-corrected chi connectivity index (χ0v) is 8.68. The number of nitrogens with one attached hydrogen (secondary N) is 1. The summed E-state index contributed by atoms with van der Waals surface area (Å²) in [5.41, 5.74) is 0. The van der Waals surface area contributed by atoms with Crippen LogP contribution in [0.1, 0.15) is 33.1 Å². The van der Waals surface area contributed by atoms with E-state index in [1.54, 1.807) is 0 Å². The largest absolute Gasteiger partial charge is 0.338 e. The van der Waals surface area contributed by atoms with Crippen LogP contribution in [-0.2, 0) is 0 Å². The van der Waals surface area contributed by atoms with Crippen LogP contribution in [0.4, 0.5) is 4.79 Å². The van der Waals surface area contributed by atoms with Gasteiger partial charge >= 0.3 is 6.03 Å². The summed E-state index contributed by atoms with van der Waals surface area (Å²) in [6, 6.07) is 0.112. The minimum absolute atomic E-state index is 0.112. The van der Waals surface area contributed by atoms with Gasteiger partial charge in [-0.15, -0.1) is 0 Å². The van der Waals surface area contributed by atoms with Crippen molar-refractivity contribution in [3.8, 4) is 0 Å². The van der Waals surface area contributed by atoms with Crippen molar-refractivity contribution in [1.82, 2.24) is 10.2 Å². The van der Waals surface area contributed by atoms with E-state index in [-0.39, 0.29) is 6.03 Å². The Labute approximate surface area is 80.5 Å². The van der Waals surface area contributed by atoms with Gasteiger partial charge in [-0.2, -0.15) is 0 Å². The van der Waals surface area contributed by atoms with Crippen LogP contribution in [-0.4, -0.2) is 30.6 Å². The Morgan fingerprint density at radius 1 is 1.54 bits per heavy atom. The maximum absolute atomic E-state index is 11.4. The van der Waals surface area contributed by atoms with Gasteiger partial charge in [0, 0.05) is 19.6 Å². The summed E-state index contributed by atoms with van der Waals surface area (Å²) in [5.74, 6) is 0.743. The van der Waals surface area contributed by atoms with Gasteiger partial charge < -0.3 is 10.2 Å². The summed E-state index contributed by atoms with van der Waals surface area (Å²) >= 11 is 0. The molecule has 0 bridgehead atoms. The van der Waals surface area contributed by atoms with Gasteiger partial charge in [0.2, 0.25) is 0 Å². The SMILES string of the molecule is CCCC1CCN(C(=O)NCC)C1. The number of hydrogen-bond acceptors (Lipinski definition) is 1. The lowest BCUT2D eigenvalue weighted by molar-refractivity contribution is 0.207. The molecule has 1 aliphatic heterocycles. The molecule has 13 heavy (non-hydrogen) atoms. The first-order valence-electron chi connectivity index (χ1n) is 5.30. The molecule has 1 fully saturated rings. The third-order valence-electron chi connectivity index (χ3n) is 2.60. The van der Waals surface area contributed by atoms with E-state index in [0.29, 0.717) is 0 Å². The minimum Gasteiger partial charge on any atom is -0.338 e. The number of carbonyl (C=O) groups excluding carboxylic acids is 1. The Hall–Kier alpha value is -0.730. The lowest BCUT2D eigenvalue weighted by Crippen LogP contribution is -2.38. The van der Waals surface area contributed by atoms with E-state index in [0.717, 1.165) is 25.6 Å². The second-order valence-electron chi connectivity index (χ2n) is 3.72. The minimum atomic E-state index is 0.112. The first-order chi connectivity index (χ1) is 6.27. The Bertz CT molecular complexity index is 170. The van der Waals surface area contributed by atoms with Gasteiger partial charge in [0.15, 0.2) is 0 Å². The van der Waals surface area contributed by atoms with Gasteiger partial charge in [0.05, 0.1) is 0 Å². The van der Waals surface area contributed by atoms with Crippen LogP contribution >= 0.6 is 0 Å². The van der Waals surface area contributed by atoms with E-state index >= 15 is 0 Å². The number of rotatable bonds is 3. The Balaban J connectivity index is 2.27. The Morgan fingerprint density at radius 2 is 2.31 bits per heavy atom. The Morgan fingerprint density at radius 3 is 2.92 bits per heavy atom. The number of hydrogen-bond donors (Lipinski definition) is 1. The van der Waals surface area contributed by atoms with Crippen molar-refractivity contribution in [2.75, 3.05) is 19.6 Å². The van der Waals surface area contributed by atoms with Crippen molar-refractivity contribution in [3.05, 3.63) is 0 Å². The fourth-order valence-corrected chi connectivity index (χ4v) is 1.92. The standard InChI is InChI=1S/C10H20N2O/c1-3-5-9-6-7-12(8-9)10(13)11-4-2/h9H,3-8H2,1-2H3,(H,11,13). The van der Waals surface area contributed by atoms with Gasteiger partial charge in [0.25, 0.3) is 0 Å². The van der Waals surface area contributed by atoms with Crippen LogP contribution in [0.15, 0.2) is 0 Å². The zero-order valence-electron chi connectivity index (χ0n) is 8.68. The monoisotopic (exact) mass is 184 g/mol. The van der Waals surface area contributed by atoms with E-state index in [1.807, 2.05) is 11.8 Å². The highest BCUT2D eigenvalue weighted by Gasteiger charge is 2.24. The number of likely N-dealkylation sites (tertiary alicyclic amines) is 1. The third-order valence-corrected chi connectivity index (χ3v) is 2.60. The molecule has 0 radical (unpaired) electrons. The topological polar surface area (TPSA) is 32.3 Å².